The van der Waals surface area contributed by atoms with Gasteiger partial charge in [0.2, 0.25) is 0 Å². The van der Waals surface area contributed by atoms with Crippen molar-refractivity contribution in [2.75, 3.05) is 12.4 Å². The van der Waals surface area contributed by atoms with E-state index in [4.69, 9.17) is 4.74 Å². The zero-order chi connectivity index (χ0) is 14.7. The molecule has 0 bridgehead atoms. The van der Waals surface area contributed by atoms with Crippen molar-refractivity contribution in [3.8, 4) is 11.5 Å². The molecule has 0 saturated heterocycles. The molecule has 0 heterocycles. The van der Waals surface area contributed by atoms with E-state index in [1.165, 1.54) is 13.2 Å². The average Bonchev–Trinajstić information content (AvgIpc) is 2.42. The molecule has 20 heavy (non-hydrogen) atoms. The Labute approximate surface area is 125 Å². The van der Waals surface area contributed by atoms with Crippen molar-refractivity contribution in [3.63, 3.8) is 0 Å². The van der Waals surface area contributed by atoms with Gasteiger partial charge in [-0.1, -0.05) is 15.9 Å². The lowest BCUT2D eigenvalue weighted by atomic mass is 10.1. The summed E-state index contributed by atoms with van der Waals surface area (Å²) in [6.07, 6.45) is 0. The van der Waals surface area contributed by atoms with E-state index >= 15 is 0 Å². The van der Waals surface area contributed by atoms with E-state index in [2.05, 4.69) is 21.2 Å². The Hall–Kier alpha value is -2.01. The van der Waals surface area contributed by atoms with Crippen LogP contribution in [0.3, 0.4) is 0 Å². The van der Waals surface area contributed by atoms with Crippen LogP contribution in [-0.2, 0) is 0 Å². The van der Waals surface area contributed by atoms with Gasteiger partial charge in [-0.05, 0) is 48.9 Å². The highest BCUT2D eigenvalue weighted by Crippen LogP contribution is 2.27. The lowest BCUT2D eigenvalue weighted by Gasteiger charge is -2.09. The van der Waals surface area contributed by atoms with Crippen LogP contribution in [0.15, 0.2) is 40.9 Å². The second kappa shape index (κ2) is 5.96. The summed E-state index contributed by atoms with van der Waals surface area (Å²) in [6.45, 7) is 1.94. The number of rotatable bonds is 3. The molecule has 0 unspecified atom stereocenters. The minimum atomic E-state index is -0.287. The molecule has 0 aliphatic carbocycles. The molecule has 0 saturated carbocycles. The minimum absolute atomic E-state index is 0.0628. The summed E-state index contributed by atoms with van der Waals surface area (Å²) in [7, 11) is 1.46. The van der Waals surface area contributed by atoms with Gasteiger partial charge in [0.25, 0.3) is 5.91 Å². The van der Waals surface area contributed by atoms with Crippen molar-refractivity contribution >= 4 is 27.5 Å². The lowest BCUT2D eigenvalue weighted by molar-refractivity contribution is 0.102. The molecule has 2 N–H and O–H groups in total. The highest BCUT2D eigenvalue weighted by molar-refractivity contribution is 9.10. The second-order valence-corrected chi connectivity index (χ2v) is 5.16. The van der Waals surface area contributed by atoms with Crippen LogP contribution in [-0.4, -0.2) is 18.1 Å². The van der Waals surface area contributed by atoms with Crippen LogP contribution < -0.4 is 10.1 Å². The Kier molecular flexibility index (Phi) is 4.29. The number of benzene rings is 2. The highest BCUT2D eigenvalue weighted by atomic mass is 79.9. The first-order valence-electron chi connectivity index (χ1n) is 5.96. The molecule has 0 aliphatic heterocycles. The van der Waals surface area contributed by atoms with Gasteiger partial charge >= 0.3 is 0 Å². The monoisotopic (exact) mass is 335 g/mol. The summed E-state index contributed by atoms with van der Waals surface area (Å²) in [5, 5.41) is 12.5. The van der Waals surface area contributed by atoms with Crippen LogP contribution in [0.25, 0.3) is 0 Å². The van der Waals surface area contributed by atoms with Crippen LogP contribution in [0, 0.1) is 6.92 Å². The molecule has 0 spiro atoms. The van der Waals surface area contributed by atoms with Crippen LogP contribution >= 0.6 is 15.9 Å². The molecule has 0 fully saturated rings. The van der Waals surface area contributed by atoms with E-state index in [9.17, 15) is 9.90 Å². The number of halogens is 1. The Morgan fingerprint density at radius 2 is 2.00 bits per heavy atom. The number of nitrogens with one attached hydrogen (secondary N) is 1. The van der Waals surface area contributed by atoms with Crippen molar-refractivity contribution in [3.05, 3.63) is 52.0 Å². The van der Waals surface area contributed by atoms with E-state index in [-0.39, 0.29) is 11.7 Å². The summed E-state index contributed by atoms with van der Waals surface area (Å²) in [5.41, 5.74) is 2.09. The fraction of sp³-hybridized carbons (Fsp3) is 0.133. The second-order valence-electron chi connectivity index (χ2n) is 4.30. The first-order chi connectivity index (χ1) is 9.51. The maximum Gasteiger partial charge on any atom is 0.255 e. The van der Waals surface area contributed by atoms with Gasteiger partial charge in [-0.25, -0.2) is 0 Å². The Morgan fingerprint density at radius 3 is 2.60 bits per heavy atom. The number of carbonyl (C=O) groups excluding carboxylic acids is 1. The number of anilines is 1. The average molecular weight is 336 g/mol. The molecule has 1 amide bonds. The molecular weight excluding hydrogens is 322 g/mol. The van der Waals surface area contributed by atoms with E-state index < -0.39 is 0 Å². The van der Waals surface area contributed by atoms with Crippen molar-refractivity contribution < 1.29 is 14.6 Å². The largest absolute Gasteiger partial charge is 0.504 e. The molecule has 0 aromatic heterocycles. The molecule has 2 aromatic carbocycles. The number of amides is 1. The lowest BCUT2D eigenvalue weighted by Crippen LogP contribution is -2.11. The fourth-order valence-corrected chi connectivity index (χ4v) is 2.00. The minimum Gasteiger partial charge on any atom is -0.504 e. The Balaban J connectivity index is 2.19. The normalized spacial score (nSPS) is 10.2. The predicted molar refractivity (Wildman–Crippen MR) is 81.5 cm³/mol. The SMILES string of the molecule is COc1ccc(C(=O)Nc2ccc(Br)c(C)c2)cc1O. The summed E-state index contributed by atoms with van der Waals surface area (Å²) >= 11 is 3.41. The number of hydrogen-bond acceptors (Lipinski definition) is 3. The molecule has 0 radical (unpaired) electrons. The van der Waals surface area contributed by atoms with E-state index in [0.717, 1.165) is 10.0 Å². The summed E-state index contributed by atoms with van der Waals surface area (Å²) in [6, 6.07) is 10.1. The van der Waals surface area contributed by atoms with Gasteiger partial charge < -0.3 is 15.2 Å². The maximum atomic E-state index is 12.1. The quantitative estimate of drug-likeness (QED) is 0.898. The van der Waals surface area contributed by atoms with Gasteiger partial charge in [0.05, 0.1) is 7.11 Å². The number of phenols is 1. The molecule has 5 heteroatoms. The molecular formula is C15H14BrNO3. The number of carbonyl (C=O) groups is 1. The van der Waals surface area contributed by atoms with Gasteiger partial charge in [0, 0.05) is 15.7 Å². The maximum absolute atomic E-state index is 12.1. The standard InChI is InChI=1S/C15H14BrNO3/c1-9-7-11(4-5-12(9)16)17-15(19)10-3-6-14(20-2)13(18)8-10/h3-8,18H,1-2H3,(H,17,19). The van der Waals surface area contributed by atoms with Gasteiger partial charge in [0.1, 0.15) is 0 Å². The molecule has 104 valence electrons. The molecule has 2 aromatic rings. The third kappa shape index (κ3) is 3.11. The highest BCUT2D eigenvalue weighted by Gasteiger charge is 2.10. The summed E-state index contributed by atoms with van der Waals surface area (Å²) in [4.78, 5) is 12.1. The zero-order valence-corrected chi connectivity index (χ0v) is 12.7. The first kappa shape index (κ1) is 14.4. The number of hydrogen-bond donors (Lipinski definition) is 2. The van der Waals surface area contributed by atoms with Crippen LogP contribution in [0.2, 0.25) is 0 Å². The van der Waals surface area contributed by atoms with E-state index in [1.54, 1.807) is 18.2 Å². The van der Waals surface area contributed by atoms with Crippen molar-refractivity contribution in [2.45, 2.75) is 6.92 Å². The number of aromatic hydroxyl groups is 1. The van der Waals surface area contributed by atoms with Gasteiger partial charge in [-0.2, -0.15) is 0 Å². The van der Waals surface area contributed by atoms with E-state index in [1.807, 2.05) is 19.1 Å². The fourth-order valence-electron chi connectivity index (χ4n) is 1.76. The number of ether oxygens (including phenoxy) is 1. The van der Waals surface area contributed by atoms with Crippen LogP contribution in [0.4, 0.5) is 5.69 Å². The Morgan fingerprint density at radius 1 is 1.25 bits per heavy atom. The van der Waals surface area contributed by atoms with Crippen molar-refractivity contribution in [2.24, 2.45) is 0 Å². The van der Waals surface area contributed by atoms with Crippen molar-refractivity contribution in [1.82, 2.24) is 0 Å². The van der Waals surface area contributed by atoms with E-state index in [0.29, 0.717) is 17.0 Å². The summed E-state index contributed by atoms with van der Waals surface area (Å²) in [5.74, 6) is -0.0159. The number of phenolic OH excluding ortho intramolecular Hbond substituents is 1. The zero-order valence-electron chi connectivity index (χ0n) is 11.1. The topological polar surface area (TPSA) is 58.6 Å². The smallest absolute Gasteiger partial charge is 0.255 e. The Bertz CT molecular complexity index is 656. The van der Waals surface area contributed by atoms with Gasteiger partial charge in [-0.15, -0.1) is 0 Å². The number of methoxy groups -OCH3 is 1. The van der Waals surface area contributed by atoms with Gasteiger partial charge in [-0.3, -0.25) is 4.79 Å². The first-order valence-corrected chi connectivity index (χ1v) is 6.75. The molecule has 0 atom stereocenters. The van der Waals surface area contributed by atoms with Crippen LogP contribution in [0.1, 0.15) is 15.9 Å². The third-order valence-electron chi connectivity index (χ3n) is 2.86. The van der Waals surface area contributed by atoms with Gasteiger partial charge in [0.15, 0.2) is 11.5 Å². The third-order valence-corrected chi connectivity index (χ3v) is 3.75. The van der Waals surface area contributed by atoms with Crippen LogP contribution in [0.5, 0.6) is 11.5 Å². The molecule has 4 nitrogen and oxygen atoms in total. The molecule has 0 aliphatic rings. The van der Waals surface area contributed by atoms with Crippen molar-refractivity contribution in [1.29, 1.82) is 0 Å². The summed E-state index contributed by atoms with van der Waals surface area (Å²) < 4.78 is 5.92. The predicted octanol–water partition coefficient (Wildman–Crippen LogP) is 3.72. The molecule has 2 rings (SSSR count). The number of aryl methyl sites for hydroxylation is 1.